The Labute approximate surface area is 123 Å². The number of hydrogen-bond acceptors (Lipinski definition) is 3. The number of anilines is 1. The van der Waals surface area contributed by atoms with Gasteiger partial charge in [0, 0.05) is 25.3 Å². The molecule has 1 heterocycles. The fraction of sp³-hybridized carbons (Fsp3) is 0.235. The number of aromatic nitrogens is 1. The first-order valence-electron chi connectivity index (χ1n) is 6.70. The molecule has 2 nitrogen and oxygen atoms in total. The molecule has 3 aromatic rings. The van der Waals surface area contributed by atoms with E-state index in [1.165, 1.54) is 27.1 Å². The van der Waals surface area contributed by atoms with E-state index >= 15 is 0 Å². The van der Waals surface area contributed by atoms with E-state index in [1.807, 2.05) is 0 Å². The molecule has 3 rings (SSSR count). The molecule has 3 heteroatoms. The summed E-state index contributed by atoms with van der Waals surface area (Å²) in [6.45, 7) is 4.25. The summed E-state index contributed by atoms with van der Waals surface area (Å²) >= 11 is 1.76. The Morgan fingerprint density at radius 3 is 2.50 bits per heavy atom. The van der Waals surface area contributed by atoms with Gasteiger partial charge < -0.3 is 4.90 Å². The highest BCUT2D eigenvalue weighted by Gasteiger charge is 2.08. The largest absolute Gasteiger partial charge is 0.377 e. The summed E-state index contributed by atoms with van der Waals surface area (Å²) in [5.41, 5.74) is 6.09. The summed E-state index contributed by atoms with van der Waals surface area (Å²) in [5, 5.41) is 1.10. The minimum absolute atomic E-state index is 1.10. The number of rotatable bonds is 2. The van der Waals surface area contributed by atoms with Crippen LogP contribution in [-0.2, 0) is 0 Å². The first kappa shape index (κ1) is 13.1. The zero-order chi connectivity index (χ0) is 14.3. The Balaban J connectivity index is 2.08. The highest BCUT2D eigenvalue weighted by Crippen LogP contribution is 2.32. The Hall–Kier alpha value is -1.87. The molecule has 0 saturated carbocycles. The molecule has 0 saturated heterocycles. The second kappa shape index (κ2) is 4.91. The molecule has 20 heavy (non-hydrogen) atoms. The lowest BCUT2D eigenvalue weighted by Gasteiger charge is -2.15. The van der Waals surface area contributed by atoms with E-state index in [0.29, 0.717) is 0 Å². The average molecular weight is 282 g/mol. The molecule has 0 spiro atoms. The van der Waals surface area contributed by atoms with E-state index in [2.05, 4.69) is 69.2 Å². The van der Waals surface area contributed by atoms with Crippen LogP contribution in [0.2, 0.25) is 0 Å². The molecule has 0 unspecified atom stereocenters. The fourth-order valence-electron chi connectivity index (χ4n) is 2.45. The Kier molecular flexibility index (Phi) is 3.22. The Morgan fingerprint density at radius 2 is 1.80 bits per heavy atom. The summed E-state index contributed by atoms with van der Waals surface area (Å²) in [6, 6.07) is 13.0. The lowest BCUT2D eigenvalue weighted by Crippen LogP contribution is -2.09. The first-order valence-corrected chi connectivity index (χ1v) is 7.52. The molecule has 0 amide bonds. The van der Waals surface area contributed by atoms with Crippen LogP contribution in [0.25, 0.3) is 20.8 Å². The van der Waals surface area contributed by atoms with Gasteiger partial charge in [-0.15, -0.1) is 11.3 Å². The standard InChI is InChI=1S/C17H18N2S/c1-11-5-8-16-14(9-11)18-17(20-16)13-6-7-15(19(3)4)12(2)10-13/h5-10H,1-4H3. The zero-order valence-electron chi connectivity index (χ0n) is 12.3. The number of benzene rings is 2. The van der Waals surface area contributed by atoms with Gasteiger partial charge in [0.25, 0.3) is 0 Å². The van der Waals surface area contributed by atoms with Gasteiger partial charge in [0.1, 0.15) is 5.01 Å². The lowest BCUT2D eigenvalue weighted by atomic mass is 10.1. The monoisotopic (exact) mass is 282 g/mol. The van der Waals surface area contributed by atoms with Gasteiger partial charge in [-0.1, -0.05) is 6.07 Å². The van der Waals surface area contributed by atoms with Crippen molar-refractivity contribution < 1.29 is 0 Å². The number of thiazole rings is 1. The first-order chi connectivity index (χ1) is 9.54. The van der Waals surface area contributed by atoms with Crippen molar-refractivity contribution in [2.45, 2.75) is 13.8 Å². The average Bonchev–Trinajstić information content (AvgIpc) is 2.81. The van der Waals surface area contributed by atoms with Gasteiger partial charge in [-0.05, 0) is 55.3 Å². The number of hydrogen-bond donors (Lipinski definition) is 0. The summed E-state index contributed by atoms with van der Waals surface area (Å²) < 4.78 is 1.25. The van der Waals surface area contributed by atoms with Crippen LogP contribution in [0.1, 0.15) is 11.1 Å². The van der Waals surface area contributed by atoms with Gasteiger partial charge in [-0.25, -0.2) is 4.98 Å². The lowest BCUT2D eigenvalue weighted by molar-refractivity contribution is 1.11. The molecular weight excluding hydrogens is 264 g/mol. The molecule has 0 radical (unpaired) electrons. The van der Waals surface area contributed by atoms with E-state index in [4.69, 9.17) is 4.98 Å². The summed E-state index contributed by atoms with van der Waals surface area (Å²) in [5.74, 6) is 0. The number of fused-ring (bicyclic) bond motifs is 1. The van der Waals surface area contributed by atoms with Crippen LogP contribution in [0.4, 0.5) is 5.69 Å². The van der Waals surface area contributed by atoms with Crippen molar-refractivity contribution in [2.75, 3.05) is 19.0 Å². The molecular formula is C17H18N2S. The normalized spacial score (nSPS) is 11.0. The van der Waals surface area contributed by atoms with E-state index in [9.17, 15) is 0 Å². The van der Waals surface area contributed by atoms with Crippen LogP contribution >= 0.6 is 11.3 Å². The maximum absolute atomic E-state index is 4.76. The van der Waals surface area contributed by atoms with Crippen LogP contribution in [0, 0.1) is 13.8 Å². The van der Waals surface area contributed by atoms with Gasteiger partial charge in [0.05, 0.1) is 10.2 Å². The molecule has 0 N–H and O–H groups in total. The van der Waals surface area contributed by atoms with Gasteiger partial charge in [-0.2, -0.15) is 0 Å². The summed E-state index contributed by atoms with van der Waals surface area (Å²) in [4.78, 5) is 6.90. The molecule has 1 aromatic heterocycles. The molecule has 0 aliphatic carbocycles. The Morgan fingerprint density at radius 1 is 1.00 bits per heavy atom. The second-order valence-corrected chi connectivity index (χ2v) is 6.42. The second-order valence-electron chi connectivity index (χ2n) is 5.39. The number of aryl methyl sites for hydroxylation is 2. The smallest absolute Gasteiger partial charge is 0.124 e. The molecule has 2 aromatic carbocycles. The molecule has 0 aliphatic rings. The quantitative estimate of drug-likeness (QED) is 0.680. The van der Waals surface area contributed by atoms with Crippen LogP contribution < -0.4 is 4.90 Å². The SMILES string of the molecule is Cc1ccc2sc(-c3ccc(N(C)C)c(C)c3)nc2c1. The highest BCUT2D eigenvalue weighted by atomic mass is 32.1. The van der Waals surface area contributed by atoms with E-state index in [0.717, 1.165) is 10.5 Å². The molecule has 102 valence electrons. The third-order valence-corrected chi connectivity index (χ3v) is 4.55. The highest BCUT2D eigenvalue weighted by molar-refractivity contribution is 7.21. The summed E-state index contributed by atoms with van der Waals surface area (Å²) in [7, 11) is 4.14. The van der Waals surface area contributed by atoms with E-state index < -0.39 is 0 Å². The van der Waals surface area contributed by atoms with Crippen molar-refractivity contribution in [1.82, 2.24) is 4.98 Å². The topological polar surface area (TPSA) is 16.1 Å². The van der Waals surface area contributed by atoms with Crippen LogP contribution in [-0.4, -0.2) is 19.1 Å². The minimum atomic E-state index is 1.10. The van der Waals surface area contributed by atoms with Gasteiger partial charge in [-0.3, -0.25) is 0 Å². The number of nitrogens with zero attached hydrogens (tertiary/aromatic N) is 2. The van der Waals surface area contributed by atoms with E-state index in [1.54, 1.807) is 11.3 Å². The predicted octanol–water partition coefficient (Wildman–Crippen LogP) is 4.65. The van der Waals surface area contributed by atoms with Gasteiger partial charge >= 0.3 is 0 Å². The van der Waals surface area contributed by atoms with Crippen molar-refractivity contribution in [2.24, 2.45) is 0 Å². The third kappa shape index (κ3) is 2.29. The van der Waals surface area contributed by atoms with Gasteiger partial charge in [0.15, 0.2) is 0 Å². The van der Waals surface area contributed by atoms with Crippen molar-refractivity contribution >= 4 is 27.2 Å². The maximum atomic E-state index is 4.76. The zero-order valence-corrected chi connectivity index (χ0v) is 13.1. The third-order valence-electron chi connectivity index (χ3n) is 3.47. The van der Waals surface area contributed by atoms with E-state index in [-0.39, 0.29) is 0 Å². The summed E-state index contributed by atoms with van der Waals surface area (Å²) in [6.07, 6.45) is 0. The van der Waals surface area contributed by atoms with Gasteiger partial charge in [0.2, 0.25) is 0 Å². The predicted molar refractivity (Wildman–Crippen MR) is 88.9 cm³/mol. The van der Waals surface area contributed by atoms with Crippen molar-refractivity contribution in [3.05, 3.63) is 47.5 Å². The minimum Gasteiger partial charge on any atom is -0.377 e. The molecule has 0 atom stereocenters. The van der Waals surface area contributed by atoms with Crippen molar-refractivity contribution in [3.63, 3.8) is 0 Å². The molecule has 0 fully saturated rings. The molecule has 0 aliphatic heterocycles. The Bertz CT molecular complexity index is 772. The van der Waals surface area contributed by atoms with Crippen LogP contribution in [0.15, 0.2) is 36.4 Å². The maximum Gasteiger partial charge on any atom is 0.124 e. The fourth-order valence-corrected chi connectivity index (χ4v) is 3.39. The molecule has 0 bridgehead atoms. The van der Waals surface area contributed by atoms with Crippen molar-refractivity contribution in [3.8, 4) is 10.6 Å². The van der Waals surface area contributed by atoms with Crippen molar-refractivity contribution in [1.29, 1.82) is 0 Å². The van der Waals surface area contributed by atoms with Crippen LogP contribution in [0.3, 0.4) is 0 Å². The van der Waals surface area contributed by atoms with Crippen LogP contribution in [0.5, 0.6) is 0 Å².